The Morgan fingerprint density at radius 2 is 1.83 bits per heavy atom. The molecular formula is C14H29NO2S. The maximum absolute atomic E-state index is 11.8. The molecule has 0 bridgehead atoms. The SMILES string of the molecule is CCOC(=O)C(CCSC(C)C(C)C)NC(C)C. The molecule has 0 fully saturated rings. The molecule has 0 aliphatic carbocycles. The molecule has 2 atom stereocenters. The van der Waals surface area contributed by atoms with Crippen molar-refractivity contribution in [1.29, 1.82) is 0 Å². The Morgan fingerprint density at radius 3 is 2.28 bits per heavy atom. The van der Waals surface area contributed by atoms with E-state index in [0.29, 0.717) is 23.8 Å². The summed E-state index contributed by atoms with van der Waals surface area (Å²) >= 11 is 1.93. The zero-order valence-corrected chi connectivity index (χ0v) is 13.5. The van der Waals surface area contributed by atoms with Crippen molar-refractivity contribution in [3.63, 3.8) is 0 Å². The molecule has 0 rings (SSSR count). The van der Waals surface area contributed by atoms with Gasteiger partial charge >= 0.3 is 5.97 Å². The first-order valence-electron chi connectivity index (χ1n) is 6.92. The number of carbonyl (C=O) groups excluding carboxylic acids is 1. The van der Waals surface area contributed by atoms with Gasteiger partial charge in [0, 0.05) is 11.3 Å². The van der Waals surface area contributed by atoms with Gasteiger partial charge in [0.1, 0.15) is 6.04 Å². The summed E-state index contributed by atoms with van der Waals surface area (Å²) in [6.45, 7) is 13.1. The third-order valence-electron chi connectivity index (χ3n) is 2.83. The van der Waals surface area contributed by atoms with Gasteiger partial charge in [-0.3, -0.25) is 4.79 Å². The Hall–Kier alpha value is -0.220. The lowest BCUT2D eigenvalue weighted by Gasteiger charge is -2.21. The minimum atomic E-state index is -0.170. The van der Waals surface area contributed by atoms with Gasteiger partial charge in [0.2, 0.25) is 0 Å². The van der Waals surface area contributed by atoms with E-state index < -0.39 is 0 Å². The van der Waals surface area contributed by atoms with Gasteiger partial charge in [0.25, 0.3) is 0 Å². The molecule has 2 unspecified atom stereocenters. The van der Waals surface area contributed by atoms with E-state index in [2.05, 4.69) is 39.9 Å². The van der Waals surface area contributed by atoms with Gasteiger partial charge in [-0.25, -0.2) is 0 Å². The minimum Gasteiger partial charge on any atom is -0.465 e. The topological polar surface area (TPSA) is 38.3 Å². The van der Waals surface area contributed by atoms with Gasteiger partial charge < -0.3 is 10.1 Å². The number of thioether (sulfide) groups is 1. The maximum Gasteiger partial charge on any atom is 0.323 e. The highest BCUT2D eigenvalue weighted by atomic mass is 32.2. The average molecular weight is 275 g/mol. The Balaban J connectivity index is 4.12. The van der Waals surface area contributed by atoms with Gasteiger partial charge in [-0.05, 0) is 25.0 Å². The van der Waals surface area contributed by atoms with E-state index >= 15 is 0 Å². The number of hydrogen-bond donors (Lipinski definition) is 1. The van der Waals surface area contributed by atoms with E-state index in [4.69, 9.17) is 4.74 Å². The highest BCUT2D eigenvalue weighted by molar-refractivity contribution is 7.99. The molecule has 18 heavy (non-hydrogen) atoms. The number of rotatable bonds is 9. The standard InChI is InChI=1S/C14H29NO2S/c1-7-17-14(16)13(15-11(4)5)8-9-18-12(6)10(2)3/h10-13,15H,7-9H2,1-6H3. The summed E-state index contributed by atoms with van der Waals surface area (Å²) in [6.07, 6.45) is 0.832. The van der Waals surface area contributed by atoms with Crippen LogP contribution >= 0.6 is 11.8 Å². The van der Waals surface area contributed by atoms with E-state index in [-0.39, 0.29) is 12.0 Å². The second kappa shape index (κ2) is 9.68. The Morgan fingerprint density at radius 1 is 1.22 bits per heavy atom. The number of hydrogen-bond acceptors (Lipinski definition) is 4. The van der Waals surface area contributed by atoms with Crippen LogP contribution in [-0.2, 0) is 9.53 Å². The molecule has 4 heteroatoms. The largest absolute Gasteiger partial charge is 0.465 e. The second-order valence-electron chi connectivity index (χ2n) is 5.23. The lowest BCUT2D eigenvalue weighted by molar-refractivity contribution is -0.145. The van der Waals surface area contributed by atoms with Crippen LogP contribution in [0.15, 0.2) is 0 Å². The summed E-state index contributed by atoms with van der Waals surface area (Å²) in [4.78, 5) is 11.8. The van der Waals surface area contributed by atoms with Gasteiger partial charge in [-0.2, -0.15) is 11.8 Å². The number of nitrogens with one attached hydrogen (secondary N) is 1. The molecule has 0 aliphatic heterocycles. The molecule has 0 aromatic rings. The second-order valence-corrected chi connectivity index (χ2v) is 6.72. The number of ether oxygens (including phenoxy) is 1. The van der Waals surface area contributed by atoms with Gasteiger partial charge in [0.05, 0.1) is 6.61 Å². The molecule has 108 valence electrons. The van der Waals surface area contributed by atoms with Crippen LogP contribution in [0.5, 0.6) is 0 Å². The molecule has 3 nitrogen and oxygen atoms in total. The lowest BCUT2D eigenvalue weighted by Crippen LogP contribution is -2.42. The van der Waals surface area contributed by atoms with E-state index in [9.17, 15) is 4.79 Å². The van der Waals surface area contributed by atoms with Crippen molar-refractivity contribution >= 4 is 17.7 Å². The normalized spacial score (nSPS) is 14.9. The van der Waals surface area contributed by atoms with Crippen LogP contribution in [0, 0.1) is 5.92 Å². The minimum absolute atomic E-state index is 0.121. The Kier molecular flexibility index (Phi) is 9.56. The molecule has 0 amide bonds. The molecule has 0 saturated carbocycles. The van der Waals surface area contributed by atoms with Crippen molar-refractivity contribution in [1.82, 2.24) is 5.32 Å². The summed E-state index contributed by atoms with van der Waals surface area (Å²) in [6, 6.07) is 0.128. The fourth-order valence-corrected chi connectivity index (χ4v) is 2.61. The predicted molar refractivity (Wildman–Crippen MR) is 80.1 cm³/mol. The molecule has 0 aromatic carbocycles. The van der Waals surface area contributed by atoms with Crippen molar-refractivity contribution in [2.45, 2.75) is 65.3 Å². The smallest absolute Gasteiger partial charge is 0.323 e. The fraction of sp³-hybridized carbons (Fsp3) is 0.929. The summed E-state index contributed by atoms with van der Waals surface area (Å²) in [5.74, 6) is 1.54. The van der Waals surface area contributed by atoms with Crippen LogP contribution in [0.1, 0.15) is 48.0 Å². The van der Waals surface area contributed by atoms with E-state index in [0.717, 1.165) is 12.2 Å². The zero-order chi connectivity index (χ0) is 14.1. The van der Waals surface area contributed by atoms with Gasteiger partial charge in [-0.15, -0.1) is 0 Å². The van der Waals surface area contributed by atoms with E-state index in [1.807, 2.05) is 18.7 Å². The maximum atomic E-state index is 11.8. The van der Waals surface area contributed by atoms with Crippen molar-refractivity contribution in [2.24, 2.45) is 5.92 Å². The summed E-state index contributed by atoms with van der Waals surface area (Å²) in [7, 11) is 0. The first-order chi connectivity index (χ1) is 8.38. The number of esters is 1. The highest BCUT2D eigenvalue weighted by Gasteiger charge is 2.20. The molecular weight excluding hydrogens is 246 g/mol. The van der Waals surface area contributed by atoms with Crippen molar-refractivity contribution in [2.75, 3.05) is 12.4 Å². The van der Waals surface area contributed by atoms with Crippen LogP contribution < -0.4 is 5.32 Å². The third-order valence-corrected chi connectivity index (χ3v) is 4.37. The van der Waals surface area contributed by atoms with Crippen molar-refractivity contribution in [3.8, 4) is 0 Å². The summed E-state index contributed by atoms with van der Waals surface area (Å²) < 4.78 is 5.10. The first kappa shape index (κ1) is 17.8. The van der Waals surface area contributed by atoms with Gasteiger partial charge in [0.15, 0.2) is 0 Å². The van der Waals surface area contributed by atoms with Crippen LogP contribution in [0.4, 0.5) is 0 Å². The first-order valence-corrected chi connectivity index (χ1v) is 7.97. The van der Waals surface area contributed by atoms with E-state index in [1.54, 1.807) is 0 Å². The molecule has 1 N–H and O–H groups in total. The molecule has 0 saturated heterocycles. The summed E-state index contributed by atoms with van der Waals surface area (Å²) in [5, 5.41) is 3.91. The molecule has 0 spiro atoms. The lowest BCUT2D eigenvalue weighted by atomic mass is 10.2. The third kappa shape index (κ3) is 7.98. The monoisotopic (exact) mass is 275 g/mol. The average Bonchev–Trinajstić information content (AvgIpc) is 2.27. The summed E-state index contributed by atoms with van der Waals surface area (Å²) in [5.41, 5.74) is 0. The molecule has 0 radical (unpaired) electrons. The Labute approximate surface area is 116 Å². The van der Waals surface area contributed by atoms with Crippen LogP contribution in [-0.4, -0.2) is 35.7 Å². The quantitative estimate of drug-likeness (QED) is 0.656. The Bertz CT molecular complexity index is 232. The number of carbonyl (C=O) groups is 1. The van der Waals surface area contributed by atoms with Gasteiger partial charge in [-0.1, -0.05) is 34.6 Å². The fourth-order valence-electron chi connectivity index (χ4n) is 1.48. The van der Waals surface area contributed by atoms with Crippen molar-refractivity contribution < 1.29 is 9.53 Å². The van der Waals surface area contributed by atoms with Crippen molar-refractivity contribution in [3.05, 3.63) is 0 Å². The van der Waals surface area contributed by atoms with Crippen LogP contribution in [0.25, 0.3) is 0 Å². The predicted octanol–water partition coefficient (Wildman–Crippen LogP) is 3.08. The highest BCUT2D eigenvalue weighted by Crippen LogP contribution is 2.20. The molecule has 0 heterocycles. The van der Waals surface area contributed by atoms with Crippen LogP contribution in [0.2, 0.25) is 0 Å². The van der Waals surface area contributed by atoms with Crippen LogP contribution in [0.3, 0.4) is 0 Å². The van der Waals surface area contributed by atoms with E-state index in [1.165, 1.54) is 0 Å². The molecule has 0 aliphatic rings. The zero-order valence-electron chi connectivity index (χ0n) is 12.7. The molecule has 0 aromatic heterocycles.